The number of anilines is 2. The van der Waals surface area contributed by atoms with Gasteiger partial charge in [0.1, 0.15) is 0 Å². The second-order valence-corrected chi connectivity index (χ2v) is 5.23. The van der Waals surface area contributed by atoms with E-state index in [4.69, 9.17) is 0 Å². The van der Waals surface area contributed by atoms with Gasteiger partial charge in [-0.25, -0.2) is 0 Å². The minimum Gasteiger partial charge on any atom is -0.378 e. The lowest BCUT2D eigenvalue weighted by molar-refractivity contribution is -0.125. The summed E-state index contributed by atoms with van der Waals surface area (Å²) in [5.74, 6) is -0.239. The number of nitrogens with zero attached hydrogens (tertiary/aromatic N) is 2. The molecular weight excluding hydrogens is 228 g/mol. The molecule has 0 aliphatic carbocycles. The molecule has 18 heavy (non-hydrogen) atoms. The first-order valence-electron chi connectivity index (χ1n) is 6.46. The van der Waals surface area contributed by atoms with E-state index in [9.17, 15) is 9.90 Å². The molecule has 0 bridgehead atoms. The van der Waals surface area contributed by atoms with Gasteiger partial charge >= 0.3 is 0 Å². The van der Waals surface area contributed by atoms with Crippen LogP contribution in [0.2, 0.25) is 0 Å². The van der Waals surface area contributed by atoms with Crippen molar-refractivity contribution in [3.63, 3.8) is 0 Å². The lowest BCUT2D eigenvalue weighted by Crippen LogP contribution is -2.26. The number of rotatable bonds is 1. The molecule has 0 spiro atoms. The molecule has 2 aliphatic heterocycles. The summed E-state index contributed by atoms with van der Waals surface area (Å²) in [6.07, 6.45) is 1.44. The fourth-order valence-electron chi connectivity index (χ4n) is 2.98. The van der Waals surface area contributed by atoms with Gasteiger partial charge in [-0.3, -0.25) is 4.79 Å². The van der Waals surface area contributed by atoms with Gasteiger partial charge in [-0.05, 0) is 31.9 Å². The number of benzene rings is 1. The minimum atomic E-state index is -0.991. The maximum Gasteiger partial charge on any atom is 0.260 e. The van der Waals surface area contributed by atoms with Gasteiger partial charge in [-0.1, -0.05) is 6.07 Å². The Morgan fingerprint density at radius 2 is 2.17 bits per heavy atom. The topological polar surface area (TPSA) is 43.8 Å². The molecule has 1 aromatic rings. The standard InChI is InChI=1S/C14H18N2O2/c1-9-4-3-7-16(9)10-5-6-11-12(8-10)15(2)14(18)13(11)17/h5-6,8-9,13,17H,3-4,7H2,1-2H3. The van der Waals surface area contributed by atoms with Crippen molar-refractivity contribution in [2.75, 3.05) is 23.4 Å². The molecule has 2 atom stereocenters. The van der Waals surface area contributed by atoms with Gasteiger partial charge in [0.2, 0.25) is 0 Å². The van der Waals surface area contributed by atoms with Gasteiger partial charge in [0.05, 0.1) is 5.69 Å². The summed E-state index contributed by atoms with van der Waals surface area (Å²) < 4.78 is 0. The Morgan fingerprint density at radius 3 is 2.83 bits per heavy atom. The lowest BCUT2D eigenvalue weighted by atomic mass is 10.1. The molecule has 0 aromatic heterocycles. The number of aliphatic hydroxyl groups is 1. The number of hydrogen-bond acceptors (Lipinski definition) is 3. The van der Waals surface area contributed by atoms with E-state index in [-0.39, 0.29) is 5.91 Å². The number of fused-ring (bicyclic) bond motifs is 1. The van der Waals surface area contributed by atoms with Crippen LogP contribution in [0.4, 0.5) is 11.4 Å². The van der Waals surface area contributed by atoms with E-state index in [1.165, 1.54) is 12.8 Å². The molecule has 1 amide bonds. The third-order valence-electron chi connectivity index (χ3n) is 4.12. The van der Waals surface area contributed by atoms with E-state index in [0.717, 1.165) is 23.5 Å². The molecule has 1 fully saturated rings. The van der Waals surface area contributed by atoms with Gasteiger partial charge < -0.3 is 14.9 Å². The first kappa shape index (κ1) is 11.5. The fraction of sp³-hybridized carbons (Fsp3) is 0.500. The maximum atomic E-state index is 11.7. The molecule has 4 nitrogen and oxygen atoms in total. The first-order chi connectivity index (χ1) is 8.59. The molecule has 2 unspecified atom stereocenters. The molecule has 1 saturated heterocycles. The van der Waals surface area contributed by atoms with Crippen LogP contribution in [0.3, 0.4) is 0 Å². The first-order valence-corrected chi connectivity index (χ1v) is 6.46. The van der Waals surface area contributed by atoms with Crippen molar-refractivity contribution in [2.45, 2.75) is 31.9 Å². The van der Waals surface area contributed by atoms with Crippen LogP contribution in [-0.4, -0.2) is 30.6 Å². The highest BCUT2D eigenvalue weighted by atomic mass is 16.3. The van der Waals surface area contributed by atoms with Gasteiger partial charge in [0.15, 0.2) is 6.10 Å². The highest BCUT2D eigenvalue weighted by molar-refractivity contribution is 6.03. The number of aliphatic hydroxyl groups excluding tert-OH is 1. The van der Waals surface area contributed by atoms with E-state index in [1.807, 2.05) is 18.2 Å². The van der Waals surface area contributed by atoms with Crippen molar-refractivity contribution in [1.29, 1.82) is 0 Å². The molecule has 4 heteroatoms. The average Bonchev–Trinajstić information content (AvgIpc) is 2.89. The van der Waals surface area contributed by atoms with Crippen LogP contribution in [0.1, 0.15) is 31.4 Å². The number of carbonyl (C=O) groups excluding carboxylic acids is 1. The Kier molecular flexibility index (Phi) is 2.55. The van der Waals surface area contributed by atoms with Crippen molar-refractivity contribution >= 4 is 17.3 Å². The number of likely N-dealkylation sites (N-methyl/N-ethyl adjacent to an activating group) is 1. The zero-order chi connectivity index (χ0) is 12.9. The quantitative estimate of drug-likeness (QED) is 0.820. The highest BCUT2D eigenvalue weighted by Crippen LogP contribution is 2.38. The van der Waals surface area contributed by atoms with Crippen LogP contribution >= 0.6 is 0 Å². The summed E-state index contributed by atoms with van der Waals surface area (Å²) in [5, 5.41) is 9.82. The monoisotopic (exact) mass is 246 g/mol. The Bertz CT molecular complexity index is 501. The van der Waals surface area contributed by atoms with E-state index >= 15 is 0 Å². The van der Waals surface area contributed by atoms with Crippen LogP contribution in [0.5, 0.6) is 0 Å². The molecule has 1 N–H and O–H groups in total. The SMILES string of the molecule is CC1CCCN1c1ccc2c(c1)N(C)C(=O)C2O. The van der Waals surface area contributed by atoms with Crippen molar-refractivity contribution in [2.24, 2.45) is 0 Å². The molecule has 0 radical (unpaired) electrons. The molecule has 3 rings (SSSR count). The summed E-state index contributed by atoms with van der Waals surface area (Å²) in [6, 6.07) is 6.46. The fourth-order valence-corrected chi connectivity index (χ4v) is 2.98. The van der Waals surface area contributed by atoms with Crippen molar-refractivity contribution in [1.82, 2.24) is 0 Å². The maximum absolute atomic E-state index is 11.7. The molecule has 2 heterocycles. The molecule has 96 valence electrons. The third-order valence-corrected chi connectivity index (χ3v) is 4.12. The summed E-state index contributed by atoms with van der Waals surface area (Å²) >= 11 is 0. The summed E-state index contributed by atoms with van der Waals surface area (Å²) in [6.45, 7) is 3.30. The van der Waals surface area contributed by atoms with Gasteiger partial charge in [-0.2, -0.15) is 0 Å². The Hall–Kier alpha value is -1.55. The highest BCUT2D eigenvalue weighted by Gasteiger charge is 2.34. The number of carbonyl (C=O) groups is 1. The zero-order valence-corrected chi connectivity index (χ0v) is 10.8. The number of amides is 1. The van der Waals surface area contributed by atoms with Crippen LogP contribution < -0.4 is 9.80 Å². The van der Waals surface area contributed by atoms with E-state index in [1.54, 1.807) is 11.9 Å². The Labute approximate surface area is 107 Å². The van der Waals surface area contributed by atoms with Gasteiger partial charge in [0, 0.05) is 30.9 Å². The van der Waals surface area contributed by atoms with E-state index in [0.29, 0.717) is 6.04 Å². The second-order valence-electron chi connectivity index (χ2n) is 5.23. The van der Waals surface area contributed by atoms with Crippen LogP contribution in [0.15, 0.2) is 18.2 Å². The van der Waals surface area contributed by atoms with Crippen LogP contribution in [0, 0.1) is 0 Å². The Balaban J connectivity index is 2.00. The van der Waals surface area contributed by atoms with E-state index < -0.39 is 6.10 Å². The summed E-state index contributed by atoms with van der Waals surface area (Å²) in [7, 11) is 1.72. The van der Waals surface area contributed by atoms with Crippen molar-refractivity contribution in [3.05, 3.63) is 23.8 Å². The third kappa shape index (κ3) is 1.52. The second kappa shape index (κ2) is 3.99. The molecule has 1 aromatic carbocycles. The lowest BCUT2D eigenvalue weighted by Gasteiger charge is -2.25. The van der Waals surface area contributed by atoms with Crippen LogP contribution in [-0.2, 0) is 4.79 Å². The predicted molar refractivity (Wildman–Crippen MR) is 70.9 cm³/mol. The molecular formula is C14H18N2O2. The van der Waals surface area contributed by atoms with Gasteiger partial charge in [0.25, 0.3) is 5.91 Å². The number of hydrogen-bond donors (Lipinski definition) is 1. The largest absolute Gasteiger partial charge is 0.378 e. The molecule has 2 aliphatic rings. The summed E-state index contributed by atoms with van der Waals surface area (Å²) in [5.41, 5.74) is 2.70. The Morgan fingerprint density at radius 1 is 1.39 bits per heavy atom. The predicted octanol–water partition coefficient (Wildman–Crippen LogP) is 1.69. The van der Waals surface area contributed by atoms with Gasteiger partial charge in [-0.15, -0.1) is 0 Å². The van der Waals surface area contributed by atoms with Crippen LogP contribution in [0.25, 0.3) is 0 Å². The van der Waals surface area contributed by atoms with Crippen molar-refractivity contribution < 1.29 is 9.90 Å². The van der Waals surface area contributed by atoms with Crippen molar-refractivity contribution in [3.8, 4) is 0 Å². The minimum absolute atomic E-state index is 0.239. The molecule has 0 saturated carbocycles. The smallest absolute Gasteiger partial charge is 0.260 e. The van der Waals surface area contributed by atoms with E-state index in [2.05, 4.69) is 11.8 Å². The summed E-state index contributed by atoms with van der Waals surface area (Å²) in [4.78, 5) is 15.6. The zero-order valence-electron chi connectivity index (χ0n) is 10.8. The normalized spacial score (nSPS) is 26.9. The average molecular weight is 246 g/mol.